The van der Waals surface area contributed by atoms with E-state index in [4.69, 9.17) is 4.74 Å². The summed E-state index contributed by atoms with van der Waals surface area (Å²) in [5.74, 6) is 0.268. The molecule has 0 saturated carbocycles. The van der Waals surface area contributed by atoms with E-state index in [1.807, 2.05) is 0 Å². The molecule has 1 aliphatic heterocycles. The smallest absolute Gasteiger partial charge is 0.262 e. The van der Waals surface area contributed by atoms with E-state index in [-0.39, 0.29) is 17.3 Å². The highest BCUT2D eigenvalue weighted by Crippen LogP contribution is 2.33. The molecule has 6 nitrogen and oxygen atoms in total. The fourth-order valence-electron chi connectivity index (χ4n) is 4.03. The van der Waals surface area contributed by atoms with Crippen LogP contribution in [0.2, 0.25) is 0 Å². The van der Waals surface area contributed by atoms with E-state index in [0.717, 1.165) is 16.0 Å². The Morgan fingerprint density at radius 2 is 2.03 bits per heavy atom. The molecular weight excluding hydrogens is 429 g/mol. The predicted molar refractivity (Wildman–Crippen MR) is 121 cm³/mol. The minimum atomic E-state index is -0.311. The van der Waals surface area contributed by atoms with Crippen LogP contribution in [-0.4, -0.2) is 34.0 Å². The van der Waals surface area contributed by atoms with E-state index >= 15 is 0 Å². The molecule has 0 aliphatic carbocycles. The van der Waals surface area contributed by atoms with Gasteiger partial charge in [-0.2, -0.15) is 0 Å². The molecule has 8 heteroatoms. The summed E-state index contributed by atoms with van der Waals surface area (Å²) in [6.07, 6.45) is 2.14. The van der Waals surface area contributed by atoms with Gasteiger partial charge >= 0.3 is 0 Å². The summed E-state index contributed by atoms with van der Waals surface area (Å²) in [6, 6.07) is 13.2. The maximum absolute atomic E-state index is 13.2. The number of benzene rings is 2. The summed E-state index contributed by atoms with van der Waals surface area (Å²) in [7, 11) is 1.57. The maximum Gasteiger partial charge on any atom is 0.262 e. The van der Waals surface area contributed by atoms with Gasteiger partial charge in [-0.3, -0.25) is 14.2 Å². The van der Waals surface area contributed by atoms with Crippen molar-refractivity contribution in [1.29, 1.82) is 0 Å². The van der Waals surface area contributed by atoms with Crippen LogP contribution in [0.3, 0.4) is 0 Å². The van der Waals surface area contributed by atoms with E-state index in [2.05, 4.69) is 4.98 Å². The molecule has 3 heterocycles. The number of carbonyl (C=O) groups is 1. The summed E-state index contributed by atoms with van der Waals surface area (Å²) in [6.45, 7) is 1.30. The van der Waals surface area contributed by atoms with Crippen molar-refractivity contribution in [2.75, 3.05) is 13.7 Å². The lowest BCUT2D eigenvalue weighted by atomic mass is 10.0. The van der Waals surface area contributed by atoms with Crippen LogP contribution < -0.4 is 10.3 Å². The number of nitrogens with zero attached hydrogens (tertiary/aromatic N) is 3. The molecule has 162 valence electrons. The Bertz CT molecular complexity index is 1380. The van der Waals surface area contributed by atoms with Crippen LogP contribution >= 0.6 is 11.3 Å². The third-order valence-electron chi connectivity index (χ3n) is 5.70. The first kappa shape index (κ1) is 20.4. The highest BCUT2D eigenvalue weighted by Gasteiger charge is 2.27. The standard InChI is InChI=1S/C24H20FN3O3S/c1-31-18-4-2-3-16(11-18)23(29)27-10-9-19-20(13-27)32-22-21(19)24(30)28(14-26-22)12-15-5-7-17(25)8-6-15/h2-8,11,14H,9-10,12-13H2,1H3. The van der Waals surface area contributed by atoms with E-state index in [0.29, 0.717) is 47.6 Å². The second kappa shape index (κ2) is 8.20. The molecule has 4 aromatic rings. The van der Waals surface area contributed by atoms with Crippen LogP contribution in [0, 0.1) is 5.82 Å². The van der Waals surface area contributed by atoms with Crippen molar-refractivity contribution in [3.63, 3.8) is 0 Å². The molecule has 0 spiro atoms. The van der Waals surface area contributed by atoms with Gasteiger partial charge in [0.15, 0.2) is 0 Å². The molecule has 0 unspecified atom stereocenters. The highest BCUT2D eigenvalue weighted by atomic mass is 32.1. The number of carbonyl (C=O) groups excluding carboxylic acids is 1. The normalized spacial score (nSPS) is 13.2. The molecule has 2 aromatic carbocycles. The Balaban J connectivity index is 1.44. The van der Waals surface area contributed by atoms with E-state index in [1.165, 1.54) is 29.8 Å². The number of fused-ring (bicyclic) bond motifs is 3. The lowest BCUT2D eigenvalue weighted by Gasteiger charge is -2.27. The number of halogens is 1. The van der Waals surface area contributed by atoms with Gasteiger partial charge in [-0.05, 0) is 47.9 Å². The Morgan fingerprint density at radius 3 is 2.81 bits per heavy atom. The van der Waals surface area contributed by atoms with Crippen LogP contribution in [0.1, 0.15) is 26.4 Å². The monoisotopic (exact) mass is 449 g/mol. The van der Waals surface area contributed by atoms with Crippen molar-refractivity contribution in [2.45, 2.75) is 19.5 Å². The van der Waals surface area contributed by atoms with Crippen LogP contribution in [-0.2, 0) is 19.5 Å². The Hall–Kier alpha value is -3.52. The summed E-state index contributed by atoms with van der Waals surface area (Å²) >= 11 is 1.46. The molecule has 1 amide bonds. The van der Waals surface area contributed by atoms with Crippen LogP contribution in [0.15, 0.2) is 59.7 Å². The van der Waals surface area contributed by atoms with E-state index in [9.17, 15) is 14.0 Å². The van der Waals surface area contributed by atoms with Crippen LogP contribution in [0.5, 0.6) is 5.75 Å². The Kier molecular flexibility index (Phi) is 5.22. The summed E-state index contributed by atoms with van der Waals surface area (Å²) < 4.78 is 20.0. The fraction of sp³-hybridized carbons (Fsp3) is 0.208. The lowest BCUT2D eigenvalue weighted by Crippen LogP contribution is -2.35. The first-order chi connectivity index (χ1) is 15.5. The number of thiophene rings is 1. The minimum absolute atomic E-state index is 0.0614. The Labute approximate surface area is 187 Å². The van der Waals surface area contributed by atoms with E-state index in [1.54, 1.807) is 53.0 Å². The second-order valence-corrected chi connectivity index (χ2v) is 8.78. The van der Waals surface area contributed by atoms with Crippen LogP contribution in [0.4, 0.5) is 4.39 Å². The number of amides is 1. The molecular formula is C24H20FN3O3S. The number of hydrogen-bond acceptors (Lipinski definition) is 5. The molecule has 5 rings (SSSR count). The largest absolute Gasteiger partial charge is 0.497 e. The molecule has 0 saturated heterocycles. The summed E-state index contributed by atoms with van der Waals surface area (Å²) in [4.78, 5) is 34.2. The average Bonchev–Trinajstić information content (AvgIpc) is 3.20. The first-order valence-corrected chi connectivity index (χ1v) is 11.0. The second-order valence-electron chi connectivity index (χ2n) is 7.70. The molecule has 0 radical (unpaired) electrons. The van der Waals surface area contributed by atoms with Gasteiger partial charge < -0.3 is 9.64 Å². The SMILES string of the molecule is COc1cccc(C(=O)N2CCc3c(sc4ncn(Cc5ccc(F)cc5)c(=O)c34)C2)c1. The van der Waals surface area contributed by atoms with Gasteiger partial charge in [-0.25, -0.2) is 9.37 Å². The third kappa shape index (κ3) is 3.67. The van der Waals surface area contributed by atoms with Gasteiger partial charge in [0, 0.05) is 17.0 Å². The van der Waals surface area contributed by atoms with Crippen molar-refractivity contribution < 1.29 is 13.9 Å². The van der Waals surface area contributed by atoms with Gasteiger partial charge in [0.05, 0.1) is 31.9 Å². The zero-order valence-electron chi connectivity index (χ0n) is 17.4. The molecule has 2 aromatic heterocycles. The van der Waals surface area contributed by atoms with E-state index < -0.39 is 0 Å². The number of rotatable bonds is 4. The first-order valence-electron chi connectivity index (χ1n) is 10.2. The molecule has 32 heavy (non-hydrogen) atoms. The van der Waals surface area contributed by atoms with Gasteiger partial charge in [0.1, 0.15) is 16.4 Å². The van der Waals surface area contributed by atoms with Crippen molar-refractivity contribution in [2.24, 2.45) is 0 Å². The maximum atomic E-state index is 13.2. The van der Waals surface area contributed by atoms with Crippen molar-refractivity contribution in [1.82, 2.24) is 14.5 Å². The topological polar surface area (TPSA) is 64.4 Å². The Morgan fingerprint density at radius 1 is 1.22 bits per heavy atom. The molecule has 0 N–H and O–H groups in total. The molecule has 0 bridgehead atoms. The highest BCUT2D eigenvalue weighted by molar-refractivity contribution is 7.18. The van der Waals surface area contributed by atoms with Crippen molar-refractivity contribution >= 4 is 27.5 Å². The molecule has 0 atom stereocenters. The predicted octanol–water partition coefficient (Wildman–Crippen LogP) is 3.85. The van der Waals surface area contributed by atoms with Gasteiger partial charge in [0.25, 0.3) is 11.5 Å². The number of aromatic nitrogens is 2. The zero-order valence-corrected chi connectivity index (χ0v) is 18.2. The zero-order chi connectivity index (χ0) is 22.2. The van der Waals surface area contributed by atoms with Crippen molar-refractivity contribution in [3.05, 3.63) is 92.6 Å². The fourth-order valence-corrected chi connectivity index (χ4v) is 5.22. The third-order valence-corrected chi connectivity index (χ3v) is 6.82. The molecule has 0 fully saturated rings. The molecule has 1 aliphatic rings. The van der Waals surface area contributed by atoms with Gasteiger partial charge in [-0.1, -0.05) is 18.2 Å². The quantitative estimate of drug-likeness (QED) is 0.475. The number of hydrogen-bond donors (Lipinski definition) is 0. The van der Waals surface area contributed by atoms with Gasteiger partial charge in [-0.15, -0.1) is 11.3 Å². The minimum Gasteiger partial charge on any atom is -0.497 e. The van der Waals surface area contributed by atoms with Gasteiger partial charge in [0.2, 0.25) is 0 Å². The summed E-state index contributed by atoms with van der Waals surface area (Å²) in [5, 5.41) is 0.628. The van der Waals surface area contributed by atoms with Crippen molar-refractivity contribution in [3.8, 4) is 5.75 Å². The summed E-state index contributed by atoms with van der Waals surface area (Å²) in [5.41, 5.74) is 2.28. The average molecular weight is 450 g/mol. The number of methoxy groups -OCH3 is 1. The number of ether oxygens (including phenoxy) is 1. The van der Waals surface area contributed by atoms with Crippen LogP contribution in [0.25, 0.3) is 10.2 Å². The lowest BCUT2D eigenvalue weighted by molar-refractivity contribution is 0.0737.